The molecule has 1 rings (SSSR count). The predicted octanol–water partition coefficient (Wildman–Crippen LogP) is 4.04. The quantitative estimate of drug-likeness (QED) is 0.854. The van der Waals surface area contributed by atoms with Gasteiger partial charge in [-0.25, -0.2) is 0 Å². The van der Waals surface area contributed by atoms with Crippen LogP contribution in [0.25, 0.3) is 0 Å². The van der Waals surface area contributed by atoms with Gasteiger partial charge in [-0.2, -0.15) is 0 Å². The second-order valence-electron chi connectivity index (χ2n) is 4.23. The first kappa shape index (κ1) is 15.0. The van der Waals surface area contributed by atoms with Crippen molar-refractivity contribution in [3.8, 4) is 0 Å². The third-order valence-corrected chi connectivity index (χ3v) is 3.58. The topological polar surface area (TPSA) is 21.3 Å². The lowest BCUT2D eigenvalue weighted by Gasteiger charge is -2.24. The summed E-state index contributed by atoms with van der Waals surface area (Å²) >= 11 is 9.55. The summed E-state index contributed by atoms with van der Waals surface area (Å²) in [6.07, 6.45) is 1.02. The van der Waals surface area contributed by atoms with Crippen molar-refractivity contribution in [3.05, 3.63) is 33.3 Å². The van der Waals surface area contributed by atoms with Crippen molar-refractivity contribution in [1.82, 2.24) is 5.32 Å². The van der Waals surface area contributed by atoms with Crippen LogP contribution in [0.2, 0.25) is 5.02 Å². The minimum atomic E-state index is 0.292. The molecule has 1 aromatic carbocycles. The number of halogens is 2. The summed E-state index contributed by atoms with van der Waals surface area (Å²) in [7, 11) is 3.71. The zero-order chi connectivity index (χ0) is 12.8. The Labute approximate surface area is 117 Å². The molecule has 0 aliphatic carbocycles. The van der Waals surface area contributed by atoms with Gasteiger partial charge in [-0.1, -0.05) is 34.5 Å². The number of methoxy groups -OCH3 is 1. The Bertz CT molecular complexity index is 339. The van der Waals surface area contributed by atoms with Crippen LogP contribution in [0.5, 0.6) is 0 Å². The fraction of sp³-hybridized carbons (Fsp3) is 0.538. The lowest BCUT2D eigenvalue weighted by atomic mass is 9.92. The maximum absolute atomic E-state index is 6.08. The van der Waals surface area contributed by atoms with E-state index in [2.05, 4.69) is 34.2 Å². The first-order valence-electron chi connectivity index (χ1n) is 5.70. The third-order valence-electron chi connectivity index (χ3n) is 2.90. The minimum Gasteiger partial charge on any atom is -0.385 e. The minimum absolute atomic E-state index is 0.292. The van der Waals surface area contributed by atoms with Crippen LogP contribution >= 0.6 is 27.5 Å². The van der Waals surface area contributed by atoms with E-state index in [0.29, 0.717) is 12.0 Å². The van der Waals surface area contributed by atoms with Crippen LogP contribution in [0, 0.1) is 5.92 Å². The van der Waals surface area contributed by atoms with E-state index in [4.69, 9.17) is 16.3 Å². The Morgan fingerprint density at radius 2 is 2.12 bits per heavy atom. The molecule has 0 bridgehead atoms. The lowest BCUT2D eigenvalue weighted by molar-refractivity contribution is 0.171. The fourth-order valence-electron chi connectivity index (χ4n) is 2.00. The van der Waals surface area contributed by atoms with Crippen molar-refractivity contribution >= 4 is 27.5 Å². The molecule has 0 saturated carbocycles. The van der Waals surface area contributed by atoms with Gasteiger partial charge in [0.1, 0.15) is 0 Å². The molecule has 0 aromatic heterocycles. The van der Waals surface area contributed by atoms with Crippen molar-refractivity contribution < 1.29 is 4.74 Å². The molecule has 2 unspecified atom stereocenters. The van der Waals surface area contributed by atoms with E-state index in [1.165, 1.54) is 5.56 Å². The van der Waals surface area contributed by atoms with Gasteiger partial charge in [0, 0.05) is 29.3 Å². The first-order valence-corrected chi connectivity index (χ1v) is 6.87. The van der Waals surface area contributed by atoms with Gasteiger partial charge in [0.15, 0.2) is 0 Å². The number of benzene rings is 1. The Hall–Kier alpha value is -0.0900. The summed E-state index contributed by atoms with van der Waals surface area (Å²) < 4.78 is 6.14. The van der Waals surface area contributed by atoms with Crippen LogP contribution in [-0.2, 0) is 4.74 Å². The highest BCUT2D eigenvalue weighted by molar-refractivity contribution is 9.10. The van der Waals surface area contributed by atoms with Crippen molar-refractivity contribution in [1.29, 1.82) is 0 Å². The van der Waals surface area contributed by atoms with Crippen LogP contribution in [0.1, 0.15) is 24.9 Å². The average molecular weight is 321 g/mol. The van der Waals surface area contributed by atoms with Gasteiger partial charge in [-0.3, -0.25) is 0 Å². The smallest absolute Gasteiger partial charge is 0.0465 e. The number of nitrogens with one attached hydrogen (secondary N) is 1. The van der Waals surface area contributed by atoms with Crippen LogP contribution < -0.4 is 5.32 Å². The van der Waals surface area contributed by atoms with Gasteiger partial charge in [0.25, 0.3) is 0 Å². The second-order valence-corrected chi connectivity index (χ2v) is 5.58. The highest BCUT2D eigenvalue weighted by Gasteiger charge is 2.18. The van der Waals surface area contributed by atoms with Crippen LogP contribution in [0.15, 0.2) is 22.7 Å². The molecule has 0 amide bonds. The highest BCUT2D eigenvalue weighted by atomic mass is 79.9. The number of hydrogen-bond donors (Lipinski definition) is 1. The summed E-state index contributed by atoms with van der Waals surface area (Å²) in [5.74, 6) is 0.491. The molecule has 1 N–H and O–H groups in total. The molecule has 17 heavy (non-hydrogen) atoms. The van der Waals surface area contributed by atoms with Crippen molar-refractivity contribution in [2.75, 3.05) is 20.8 Å². The zero-order valence-electron chi connectivity index (χ0n) is 10.5. The summed E-state index contributed by atoms with van der Waals surface area (Å²) in [6, 6.07) is 6.31. The maximum Gasteiger partial charge on any atom is 0.0465 e. The first-order chi connectivity index (χ1) is 8.08. The molecule has 0 aliphatic rings. The standard InChI is InChI=1S/C13H19BrClNO/c1-9(4-5-17-3)13(16-2)10-6-11(14)8-12(15)7-10/h6-9,13,16H,4-5H2,1-3H3. The molecular weight excluding hydrogens is 302 g/mol. The Morgan fingerprint density at radius 3 is 2.65 bits per heavy atom. The van der Waals surface area contributed by atoms with Gasteiger partial charge in [-0.15, -0.1) is 0 Å². The normalized spacial score (nSPS) is 14.6. The number of rotatable bonds is 6. The van der Waals surface area contributed by atoms with Crippen LogP contribution in [-0.4, -0.2) is 20.8 Å². The van der Waals surface area contributed by atoms with Crippen LogP contribution in [0.3, 0.4) is 0 Å². The van der Waals surface area contributed by atoms with Gasteiger partial charge in [-0.05, 0) is 43.1 Å². The SMILES string of the molecule is CNC(c1cc(Cl)cc(Br)c1)C(C)CCOC. The predicted molar refractivity (Wildman–Crippen MR) is 76.6 cm³/mol. The molecule has 2 nitrogen and oxygen atoms in total. The molecule has 0 saturated heterocycles. The van der Waals surface area contributed by atoms with Crippen molar-refractivity contribution in [2.24, 2.45) is 5.92 Å². The lowest BCUT2D eigenvalue weighted by Crippen LogP contribution is -2.24. The molecule has 0 heterocycles. The van der Waals surface area contributed by atoms with Gasteiger partial charge >= 0.3 is 0 Å². The summed E-state index contributed by atoms with van der Waals surface area (Å²) in [6.45, 7) is 3.00. The van der Waals surface area contributed by atoms with Gasteiger partial charge in [0.05, 0.1) is 0 Å². The van der Waals surface area contributed by atoms with Crippen molar-refractivity contribution in [3.63, 3.8) is 0 Å². The van der Waals surface area contributed by atoms with Gasteiger partial charge in [0.2, 0.25) is 0 Å². The van der Waals surface area contributed by atoms with E-state index >= 15 is 0 Å². The fourth-order valence-corrected chi connectivity index (χ4v) is 2.89. The van der Waals surface area contributed by atoms with E-state index in [0.717, 1.165) is 22.5 Å². The molecule has 1 aromatic rings. The molecule has 0 fully saturated rings. The second kappa shape index (κ2) is 7.37. The van der Waals surface area contributed by atoms with E-state index in [-0.39, 0.29) is 0 Å². The Kier molecular flexibility index (Phi) is 6.49. The molecular formula is C13H19BrClNO. The number of hydrogen-bond acceptors (Lipinski definition) is 2. The Morgan fingerprint density at radius 1 is 1.41 bits per heavy atom. The van der Waals surface area contributed by atoms with E-state index in [9.17, 15) is 0 Å². The molecule has 2 atom stereocenters. The summed E-state index contributed by atoms with van der Waals surface area (Å²) in [5, 5.41) is 4.10. The molecule has 96 valence electrons. The maximum atomic E-state index is 6.08. The van der Waals surface area contributed by atoms with E-state index in [1.54, 1.807) is 7.11 Å². The van der Waals surface area contributed by atoms with E-state index in [1.807, 2.05) is 19.2 Å². The van der Waals surface area contributed by atoms with E-state index < -0.39 is 0 Å². The van der Waals surface area contributed by atoms with Crippen LogP contribution in [0.4, 0.5) is 0 Å². The van der Waals surface area contributed by atoms with Gasteiger partial charge < -0.3 is 10.1 Å². The summed E-state index contributed by atoms with van der Waals surface area (Å²) in [5.41, 5.74) is 1.20. The zero-order valence-corrected chi connectivity index (χ0v) is 12.8. The van der Waals surface area contributed by atoms with Crippen molar-refractivity contribution in [2.45, 2.75) is 19.4 Å². The summed E-state index contributed by atoms with van der Waals surface area (Å²) in [4.78, 5) is 0. The largest absolute Gasteiger partial charge is 0.385 e. The molecule has 0 aliphatic heterocycles. The molecule has 4 heteroatoms. The third kappa shape index (κ3) is 4.59. The number of ether oxygens (including phenoxy) is 1. The Balaban J connectivity index is 2.84. The molecule has 0 spiro atoms. The monoisotopic (exact) mass is 319 g/mol. The highest BCUT2D eigenvalue weighted by Crippen LogP contribution is 2.29. The average Bonchev–Trinajstić information content (AvgIpc) is 2.26. The molecule has 0 radical (unpaired) electrons.